The van der Waals surface area contributed by atoms with E-state index in [0.29, 0.717) is 17.2 Å². The molecular formula is C22H23N5O2. The number of nitrogens with zero attached hydrogens (tertiary/aromatic N) is 4. The Bertz CT molecular complexity index is 972. The molecule has 0 amide bonds. The molecule has 3 aromatic rings. The van der Waals surface area contributed by atoms with Crippen LogP contribution in [0.15, 0.2) is 66.9 Å². The maximum atomic E-state index is 12.0. The minimum Gasteiger partial charge on any atom is -0.465 e. The number of esters is 1. The summed E-state index contributed by atoms with van der Waals surface area (Å²) in [4.78, 5) is 25.6. The zero-order valence-electron chi connectivity index (χ0n) is 16.3. The zero-order chi connectivity index (χ0) is 20.1. The molecule has 0 spiro atoms. The van der Waals surface area contributed by atoms with E-state index in [1.165, 1.54) is 12.8 Å². The van der Waals surface area contributed by atoms with Gasteiger partial charge in [0.1, 0.15) is 5.82 Å². The van der Waals surface area contributed by atoms with Gasteiger partial charge in [-0.1, -0.05) is 30.3 Å². The normalized spacial score (nSPS) is 13.8. The Morgan fingerprint density at radius 1 is 0.931 bits per heavy atom. The molecule has 0 atom stereocenters. The van der Waals surface area contributed by atoms with Crippen molar-refractivity contribution in [2.45, 2.75) is 0 Å². The smallest absolute Gasteiger partial charge is 0.339 e. The predicted octanol–water partition coefficient (Wildman–Crippen LogP) is 3.33. The number of aromatic nitrogens is 2. The van der Waals surface area contributed by atoms with Gasteiger partial charge in [0.25, 0.3) is 0 Å². The largest absolute Gasteiger partial charge is 0.465 e. The summed E-state index contributed by atoms with van der Waals surface area (Å²) in [7, 11) is 1.37. The lowest BCUT2D eigenvalue weighted by molar-refractivity contribution is 0.0602. The Hall–Kier alpha value is -3.61. The van der Waals surface area contributed by atoms with E-state index in [0.717, 1.165) is 32.0 Å². The highest BCUT2D eigenvalue weighted by Gasteiger charge is 2.19. The van der Waals surface area contributed by atoms with Crippen LogP contribution in [0.25, 0.3) is 0 Å². The van der Waals surface area contributed by atoms with Crippen LogP contribution in [-0.2, 0) is 4.74 Å². The van der Waals surface area contributed by atoms with E-state index in [4.69, 9.17) is 4.74 Å². The number of nitrogens with one attached hydrogen (secondary N) is 1. The van der Waals surface area contributed by atoms with Crippen LogP contribution in [0.5, 0.6) is 0 Å². The molecule has 0 radical (unpaired) electrons. The molecule has 1 aromatic heterocycles. The van der Waals surface area contributed by atoms with Crippen LogP contribution < -0.4 is 15.1 Å². The summed E-state index contributed by atoms with van der Waals surface area (Å²) in [6.45, 7) is 3.62. The molecule has 7 heteroatoms. The third-order valence-corrected chi connectivity index (χ3v) is 4.94. The Morgan fingerprint density at radius 2 is 1.62 bits per heavy atom. The lowest BCUT2D eigenvalue weighted by Crippen LogP contribution is -2.46. The first-order valence-electron chi connectivity index (χ1n) is 9.57. The van der Waals surface area contributed by atoms with Gasteiger partial charge < -0.3 is 19.9 Å². The van der Waals surface area contributed by atoms with Crippen LogP contribution in [0.4, 0.5) is 23.1 Å². The van der Waals surface area contributed by atoms with Gasteiger partial charge in [-0.3, -0.25) is 0 Å². The van der Waals surface area contributed by atoms with E-state index in [9.17, 15) is 4.79 Å². The molecule has 0 saturated carbocycles. The summed E-state index contributed by atoms with van der Waals surface area (Å²) >= 11 is 0. The number of piperazine rings is 1. The van der Waals surface area contributed by atoms with Crippen molar-refractivity contribution in [1.82, 2.24) is 9.97 Å². The number of hydrogen-bond donors (Lipinski definition) is 1. The van der Waals surface area contributed by atoms with Crippen molar-refractivity contribution in [3.8, 4) is 0 Å². The third kappa shape index (κ3) is 4.29. The molecule has 0 bridgehead atoms. The molecule has 1 saturated heterocycles. The third-order valence-electron chi connectivity index (χ3n) is 4.94. The number of rotatable bonds is 5. The molecule has 4 rings (SSSR count). The number of ether oxygens (including phenoxy) is 1. The maximum Gasteiger partial charge on any atom is 0.339 e. The summed E-state index contributed by atoms with van der Waals surface area (Å²) in [5.41, 5.74) is 2.31. The number of para-hydroxylation sites is 2. The van der Waals surface area contributed by atoms with Crippen LogP contribution in [0.1, 0.15) is 10.4 Å². The monoisotopic (exact) mass is 389 g/mol. The highest BCUT2D eigenvalue weighted by Crippen LogP contribution is 2.22. The first-order valence-corrected chi connectivity index (χ1v) is 9.57. The van der Waals surface area contributed by atoms with Crippen molar-refractivity contribution in [2.75, 3.05) is 48.4 Å². The summed E-state index contributed by atoms with van der Waals surface area (Å²) in [5.74, 6) is 0.913. The van der Waals surface area contributed by atoms with Crippen LogP contribution in [0.2, 0.25) is 0 Å². The average molecular weight is 389 g/mol. The molecule has 1 aliphatic rings. The SMILES string of the molecule is COC(=O)c1ccccc1Nc1nccc(N2CCN(c3ccccc3)CC2)n1. The number of anilines is 4. The van der Waals surface area contributed by atoms with E-state index in [1.54, 1.807) is 24.4 Å². The fraction of sp³-hybridized carbons (Fsp3) is 0.227. The quantitative estimate of drug-likeness (QED) is 0.671. The van der Waals surface area contributed by atoms with Crippen LogP contribution in [0, 0.1) is 0 Å². The Kier molecular flexibility index (Phi) is 5.56. The van der Waals surface area contributed by atoms with E-state index in [1.807, 2.05) is 18.2 Å². The van der Waals surface area contributed by atoms with Gasteiger partial charge in [0, 0.05) is 38.1 Å². The molecule has 29 heavy (non-hydrogen) atoms. The second-order valence-corrected chi connectivity index (χ2v) is 6.71. The van der Waals surface area contributed by atoms with Crippen molar-refractivity contribution in [2.24, 2.45) is 0 Å². The minimum absolute atomic E-state index is 0.402. The topological polar surface area (TPSA) is 70.6 Å². The fourth-order valence-corrected chi connectivity index (χ4v) is 3.42. The minimum atomic E-state index is -0.402. The number of carbonyl (C=O) groups is 1. The summed E-state index contributed by atoms with van der Waals surface area (Å²) in [6.07, 6.45) is 1.73. The number of carbonyl (C=O) groups excluding carboxylic acids is 1. The Morgan fingerprint density at radius 3 is 2.38 bits per heavy atom. The van der Waals surface area contributed by atoms with E-state index < -0.39 is 5.97 Å². The lowest BCUT2D eigenvalue weighted by atomic mass is 10.2. The second kappa shape index (κ2) is 8.60. The van der Waals surface area contributed by atoms with Gasteiger partial charge >= 0.3 is 5.97 Å². The molecule has 148 valence electrons. The van der Waals surface area contributed by atoms with E-state index in [-0.39, 0.29) is 0 Å². The molecular weight excluding hydrogens is 366 g/mol. The highest BCUT2D eigenvalue weighted by molar-refractivity contribution is 5.96. The van der Waals surface area contributed by atoms with Crippen LogP contribution in [-0.4, -0.2) is 49.2 Å². The number of hydrogen-bond acceptors (Lipinski definition) is 7. The second-order valence-electron chi connectivity index (χ2n) is 6.71. The van der Waals surface area contributed by atoms with E-state index in [2.05, 4.69) is 49.4 Å². The Balaban J connectivity index is 1.46. The van der Waals surface area contributed by atoms with Gasteiger partial charge in [0.05, 0.1) is 18.4 Å². The van der Waals surface area contributed by atoms with Crippen molar-refractivity contribution < 1.29 is 9.53 Å². The maximum absolute atomic E-state index is 12.0. The van der Waals surface area contributed by atoms with Crippen molar-refractivity contribution in [3.05, 3.63) is 72.4 Å². The number of benzene rings is 2. The molecule has 1 N–H and O–H groups in total. The molecule has 2 aromatic carbocycles. The summed E-state index contributed by atoms with van der Waals surface area (Å²) in [6, 6.07) is 19.5. The first-order chi connectivity index (χ1) is 14.2. The fourth-order valence-electron chi connectivity index (χ4n) is 3.42. The van der Waals surface area contributed by atoms with Crippen molar-refractivity contribution >= 4 is 29.1 Å². The van der Waals surface area contributed by atoms with Gasteiger partial charge in [-0.15, -0.1) is 0 Å². The van der Waals surface area contributed by atoms with E-state index >= 15 is 0 Å². The first kappa shape index (κ1) is 18.7. The van der Waals surface area contributed by atoms with Crippen LogP contribution >= 0.6 is 0 Å². The van der Waals surface area contributed by atoms with Crippen molar-refractivity contribution in [3.63, 3.8) is 0 Å². The summed E-state index contributed by atoms with van der Waals surface area (Å²) in [5, 5.41) is 3.14. The number of methoxy groups -OCH3 is 1. The predicted molar refractivity (Wildman–Crippen MR) is 114 cm³/mol. The summed E-state index contributed by atoms with van der Waals surface area (Å²) < 4.78 is 4.85. The van der Waals surface area contributed by atoms with Gasteiger partial charge in [0.2, 0.25) is 5.95 Å². The average Bonchev–Trinajstić information content (AvgIpc) is 2.80. The Labute approximate surface area is 170 Å². The van der Waals surface area contributed by atoms with Crippen molar-refractivity contribution in [1.29, 1.82) is 0 Å². The molecule has 1 fully saturated rings. The molecule has 1 aliphatic heterocycles. The van der Waals surface area contributed by atoms with Gasteiger partial charge in [-0.25, -0.2) is 9.78 Å². The van der Waals surface area contributed by atoms with Gasteiger partial charge in [-0.05, 0) is 30.3 Å². The molecule has 7 nitrogen and oxygen atoms in total. The zero-order valence-corrected chi connectivity index (χ0v) is 16.3. The lowest BCUT2D eigenvalue weighted by Gasteiger charge is -2.36. The standard InChI is InChI=1S/C22H23N5O2/c1-29-21(28)18-9-5-6-10-19(18)24-22-23-12-11-20(25-22)27-15-13-26(14-16-27)17-7-3-2-4-8-17/h2-12H,13-16H2,1H3,(H,23,24,25). The van der Waals surface area contributed by atoms with Gasteiger partial charge in [-0.2, -0.15) is 4.98 Å². The molecule has 0 unspecified atom stereocenters. The van der Waals surface area contributed by atoms with Crippen LogP contribution in [0.3, 0.4) is 0 Å². The highest BCUT2D eigenvalue weighted by atomic mass is 16.5. The van der Waals surface area contributed by atoms with Gasteiger partial charge in [0.15, 0.2) is 0 Å². The molecule has 2 heterocycles. The molecule has 0 aliphatic carbocycles.